The van der Waals surface area contributed by atoms with E-state index in [-0.39, 0.29) is 35.5 Å². The molecule has 4 rings (SSSR count). The minimum absolute atomic E-state index is 0.00658. The van der Waals surface area contributed by atoms with Crippen LogP contribution in [-0.2, 0) is 24.3 Å². The first kappa shape index (κ1) is 25.1. The number of piperidine rings is 1. The lowest BCUT2D eigenvalue weighted by Crippen LogP contribution is -2.51. The number of amides is 3. The van der Waals surface area contributed by atoms with Gasteiger partial charge in [-0.15, -0.1) is 0 Å². The zero-order chi connectivity index (χ0) is 25.1. The number of hydrogen-bond acceptors (Lipinski definition) is 6. The van der Waals surface area contributed by atoms with Gasteiger partial charge in [0, 0.05) is 37.6 Å². The van der Waals surface area contributed by atoms with Crippen molar-refractivity contribution in [2.45, 2.75) is 44.5 Å². The molecule has 11 nitrogen and oxygen atoms in total. The lowest BCUT2D eigenvalue weighted by molar-refractivity contribution is -0.133. The van der Waals surface area contributed by atoms with E-state index in [1.807, 2.05) is 29.2 Å². The number of para-hydroxylation sites is 1. The molecule has 1 aromatic carbocycles. The first-order chi connectivity index (χ1) is 16.8. The van der Waals surface area contributed by atoms with Gasteiger partial charge in [0.15, 0.2) is 0 Å². The number of aromatic nitrogens is 2. The number of aliphatic hydroxyl groups excluding tert-OH is 2. The van der Waals surface area contributed by atoms with Gasteiger partial charge in [-0.25, -0.2) is 9.59 Å². The zero-order valence-corrected chi connectivity index (χ0v) is 20.7. The summed E-state index contributed by atoms with van der Waals surface area (Å²) in [6.45, 7) is 0.240. The fraction of sp³-hybridized carbons (Fsp3) is 0.478. The first-order valence-corrected chi connectivity index (χ1v) is 12.3. The molecule has 0 unspecified atom stereocenters. The zero-order valence-electron chi connectivity index (χ0n) is 19.1. The van der Waals surface area contributed by atoms with Crippen LogP contribution in [0, 0.1) is 0 Å². The molecule has 0 radical (unpaired) electrons. The van der Waals surface area contributed by atoms with E-state index in [9.17, 15) is 24.3 Å². The molecule has 0 bridgehead atoms. The summed E-state index contributed by atoms with van der Waals surface area (Å²) in [4.78, 5) is 54.2. The Morgan fingerprint density at radius 1 is 1.14 bits per heavy atom. The number of rotatable bonds is 6. The van der Waals surface area contributed by atoms with Crippen LogP contribution < -0.4 is 16.6 Å². The van der Waals surface area contributed by atoms with Crippen LogP contribution in [0.25, 0.3) is 0 Å². The summed E-state index contributed by atoms with van der Waals surface area (Å²) in [5.74, 6) is -0.280. The van der Waals surface area contributed by atoms with Gasteiger partial charge in [0.1, 0.15) is 6.54 Å². The number of urea groups is 1. The molecule has 1 fully saturated rings. The Balaban J connectivity index is 1.39. The number of anilines is 1. The summed E-state index contributed by atoms with van der Waals surface area (Å²) in [7, 11) is 0. The van der Waals surface area contributed by atoms with Crippen molar-refractivity contribution in [1.82, 2.24) is 18.9 Å². The van der Waals surface area contributed by atoms with Crippen LogP contribution in [0.3, 0.4) is 0 Å². The lowest BCUT2D eigenvalue weighted by Gasteiger charge is -2.38. The third kappa shape index (κ3) is 5.49. The SMILES string of the molecule is O=C(Cn1cc(Br)c(=O)n(C[C@@H](O)CO)c1=O)N1CCC(N2CCc3ccccc3NC2=O)CC1. The third-order valence-corrected chi connectivity index (χ3v) is 7.05. The quantitative estimate of drug-likeness (QED) is 0.471. The van der Waals surface area contributed by atoms with Crippen molar-refractivity contribution in [3.05, 3.63) is 61.3 Å². The van der Waals surface area contributed by atoms with E-state index in [0.29, 0.717) is 32.5 Å². The summed E-state index contributed by atoms with van der Waals surface area (Å²) in [6, 6.07) is 7.62. The maximum Gasteiger partial charge on any atom is 0.331 e. The normalized spacial score (nSPS) is 17.5. The van der Waals surface area contributed by atoms with Crippen LogP contribution in [0.15, 0.2) is 44.5 Å². The smallest absolute Gasteiger partial charge is 0.331 e. The monoisotopic (exact) mass is 549 g/mol. The minimum atomic E-state index is -1.28. The molecule has 3 heterocycles. The topological polar surface area (TPSA) is 137 Å². The molecule has 3 amide bonds. The van der Waals surface area contributed by atoms with E-state index < -0.39 is 24.0 Å². The van der Waals surface area contributed by atoms with E-state index in [1.165, 1.54) is 6.20 Å². The van der Waals surface area contributed by atoms with Gasteiger partial charge >= 0.3 is 11.7 Å². The minimum Gasteiger partial charge on any atom is -0.394 e. The molecule has 1 atom stereocenters. The van der Waals surface area contributed by atoms with Crippen molar-refractivity contribution >= 4 is 33.6 Å². The van der Waals surface area contributed by atoms with Crippen LogP contribution in [0.4, 0.5) is 10.5 Å². The predicted octanol–water partition coefficient (Wildman–Crippen LogP) is 0.207. The summed E-state index contributed by atoms with van der Waals surface area (Å²) in [5.41, 5.74) is 0.539. The molecule has 3 N–H and O–H groups in total. The number of hydrogen-bond donors (Lipinski definition) is 3. The average molecular weight is 550 g/mol. The highest BCUT2D eigenvalue weighted by Gasteiger charge is 2.31. The van der Waals surface area contributed by atoms with Crippen LogP contribution in [-0.4, -0.2) is 79.5 Å². The van der Waals surface area contributed by atoms with Gasteiger partial charge in [-0.3, -0.25) is 18.7 Å². The molecule has 2 aliphatic rings. The second-order valence-corrected chi connectivity index (χ2v) is 9.64. The highest BCUT2D eigenvalue weighted by molar-refractivity contribution is 9.10. The van der Waals surface area contributed by atoms with Gasteiger partial charge in [-0.1, -0.05) is 18.2 Å². The number of nitrogens with one attached hydrogen (secondary N) is 1. The lowest BCUT2D eigenvalue weighted by atomic mass is 10.0. The summed E-state index contributed by atoms with van der Waals surface area (Å²) < 4.78 is 1.98. The van der Waals surface area contributed by atoms with Crippen molar-refractivity contribution < 1.29 is 19.8 Å². The number of carbonyl (C=O) groups is 2. The van der Waals surface area contributed by atoms with E-state index in [2.05, 4.69) is 21.2 Å². The maximum absolute atomic E-state index is 12.9. The van der Waals surface area contributed by atoms with E-state index in [0.717, 1.165) is 26.8 Å². The number of likely N-dealkylation sites (tertiary alicyclic amines) is 1. The molecule has 35 heavy (non-hydrogen) atoms. The molecule has 0 saturated carbocycles. The Morgan fingerprint density at radius 3 is 2.57 bits per heavy atom. The standard InChI is InChI=1S/C23H28BrN5O6/c24-18-12-27(23(35)29(21(18)33)11-17(31)14-30)13-20(32)26-8-6-16(7-9-26)28-10-5-15-3-1-2-4-19(15)25-22(28)34/h1-4,12,16-17,30-31H,5-11,13-14H2,(H,25,34)/t17-/m1/s1. The second-order valence-electron chi connectivity index (χ2n) is 8.78. The van der Waals surface area contributed by atoms with Crippen LogP contribution >= 0.6 is 15.9 Å². The highest BCUT2D eigenvalue weighted by atomic mass is 79.9. The van der Waals surface area contributed by atoms with Gasteiger partial charge in [-0.2, -0.15) is 0 Å². The second kappa shape index (κ2) is 10.8. The van der Waals surface area contributed by atoms with Gasteiger partial charge in [0.2, 0.25) is 5.91 Å². The molecule has 12 heteroatoms. The van der Waals surface area contributed by atoms with Crippen molar-refractivity contribution in [2.24, 2.45) is 0 Å². The number of halogens is 1. The molecular formula is C23H28BrN5O6. The summed E-state index contributed by atoms with van der Waals surface area (Å²) in [6.07, 6.45) is 1.98. The maximum atomic E-state index is 12.9. The van der Waals surface area contributed by atoms with Gasteiger partial charge in [0.25, 0.3) is 5.56 Å². The number of nitrogens with zero attached hydrogens (tertiary/aromatic N) is 4. The van der Waals surface area contributed by atoms with Gasteiger partial charge in [0.05, 0.1) is 23.7 Å². The molecule has 1 saturated heterocycles. The number of carbonyl (C=O) groups excluding carboxylic acids is 2. The number of benzene rings is 1. The largest absolute Gasteiger partial charge is 0.394 e. The highest BCUT2D eigenvalue weighted by Crippen LogP contribution is 2.24. The van der Waals surface area contributed by atoms with Crippen molar-refractivity contribution in [3.8, 4) is 0 Å². The Bertz CT molecular complexity index is 1220. The third-order valence-electron chi connectivity index (χ3n) is 6.50. The Kier molecular flexibility index (Phi) is 7.72. The van der Waals surface area contributed by atoms with Crippen molar-refractivity contribution in [1.29, 1.82) is 0 Å². The fourth-order valence-corrected chi connectivity index (χ4v) is 5.03. The van der Waals surface area contributed by atoms with Crippen molar-refractivity contribution in [3.63, 3.8) is 0 Å². The molecule has 188 valence electrons. The molecule has 0 aliphatic carbocycles. The summed E-state index contributed by atoms with van der Waals surface area (Å²) in [5, 5.41) is 21.7. The number of fused-ring (bicyclic) bond motifs is 1. The molecular weight excluding hydrogens is 522 g/mol. The Labute approximate surface area is 209 Å². The molecule has 1 aromatic heterocycles. The number of aliphatic hydroxyl groups is 2. The van der Waals surface area contributed by atoms with Gasteiger partial charge < -0.3 is 25.3 Å². The van der Waals surface area contributed by atoms with Crippen LogP contribution in [0.1, 0.15) is 18.4 Å². The first-order valence-electron chi connectivity index (χ1n) is 11.5. The predicted molar refractivity (Wildman–Crippen MR) is 131 cm³/mol. The van der Waals surface area contributed by atoms with Crippen LogP contribution in [0.5, 0.6) is 0 Å². The summed E-state index contributed by atoms with van der Waals surface area (Å²) >= 11 is 3.10. The average Bonchev–Trinajstić information content (AvgIpc) is 3.03. The van der Waals surface area contributed by atoms with Crippen LogP contribution in [0.2, 0.25) is 0 Å². The van der Waals surface area contributed by atoms with Gasteiger partial charge in [-0.05, 0) is 46.8 Å². The van der Waals surface area contributed by atoms with E-state index in [4.69, 9.17) is 5.11 Å². The Morgan fingerprint density at radius 2 is 1.86 bits per heavy atom. The fourth-order valence-electron chi connectivity index (χ4n) is 4.57. The van der Waals surface area contributed by atoms with E-state index in [1.54, 1.807) is 4.90 Å². The molecule has 0 spiro atoms. The molecule has 2 aliphatic heterocycles. The Hall–Kier alpha value is -2.96. The van der Waals surface area contributed by atoms with Crippen molar-refractivity contribution in [2.75, 3.05) is 31.6 Å². The molecule has 2 aromatic rings. The van der Waals surface area contributed by atoms with E-state index >= 15 is 0 Å².